The molecule has 1 saturated heterocycles. The summed E-state index contributed by atoms with van der Waals surface area (Å²) in [5.41, 5.74) is 1.11. The van der Waals surface area contributed by atoms with Crippen molar-refractivity contribution >= 4 is 17.3 Å². The standard InChI is InChI=1S/C18H20ClNO2/c19-15-3-7-17(8-4-15)22-18-9-5-16(6-10-18)20-12-14-2-1-11-21-13-14/h3-10,14,20H,1-2,11-13H2. The van der Waals surface area contributed by atoms with E-state index in [-0.39, 0.29) is 0 Å². The molecule has 2 aromatic carbocycles. The fourth-order valence-corrected chi connectivity index (χ4v) is 2.64. The molecule has 3 rings (SSSR count). The maximum absolute atomic E-state index is 5.86. The molecule has 0 saturated carbocycles. The Morgan fingerprint density at radius 1 is 1.05 bits per heavy atom. The predicted octanol–water partition coefficient (Wildman–Crippen LogP) is 4.97. The Morgan fingerprint density at radius 3 is 2.36 bits per heavy atom. The van der Waals surface area contributed by atoms with Crippen molar-refractivity contribution in [2.24, 2.45) is 5.92 Å². The second-order valence-electron chi connectivity index (χ2n) is 5.54. The summed E-state index contributed by atoms with van der Waals surface area (Å²) in [6, 6.07) is 15.4. The van der Waals surface area contributed by atoms with Gasteiger partial charge in [-0.05, 0) is 67.3 Å². The van der Waals surface area contributed by atoms with Crippen LogP contribution in [0.15, 0.2) is 48.5 Å². The van der Waals surface area contributed by atoms with E-state index in [4.69, 9.17) is 21.1 Å². The van der Waals surface area contributed by atoms with Crippen LogP contribution in [0.2, 0.25) is 5.02 Å². The van der Waals surface area contributed by atoms with Gasteiger partial charge in [-0.1, -0.05) is 11.6 Å². The molecule has 1 fully saturated rings. The first-order valence-corrected chi connectivity index (χ1v) is 8.02. The third kappa shape index (κ3) is 4.39. The normalized spacial score (nSPS) is 18.0. The Kier molecular flexibility index (Phi) is 5.20. The van der Waals surface area contributed by atoms with E-state index < -0.39 is 0 Å². The largest absolute Gasteiger partial charge is 0.457 e. The number of ether oxygens (including phenoxy) is 2. The molecule has 116 valence electrons. The highest BCUT2D eigenvalue weighted by Gasteiger charge is 2.13. The van der Waals surface area contributed by atoms with Crippen LogP contribution < -0.4 is 10.1 Å². The maximum Gasteiger partial charge on any atom is 0.127 e. The van der Waals surface area contributed by atoms with Crippen LogP contribution in [0.1, 0.15) is 12.8 Å². The second kappa shape index (κ2) is 7.52. The molecule has 0 aromatic heterocycles. The van der Waals surface area contributed by atoms with E-state index in [1.165, 1.54) is 12.8 Å². The molecule has 1 N–H and O–H groups in total. The van der Waals surface area contributed by atoms with Crippen LogP contribution in [0.3, 0.4) is 0 Å². The lowest BCUT2D eigenvalue weighted by Crippen LogP contribution is -2.24. The number of benzene rings is 2. The third-order valence-corrected chi connectivity index (χ3v) is 4.01. The molecular weight excluding hydrogens is 298 g/mol. The molecule has 1 aliphatic heterocycles. The van der Waals surface area contributed by atoms with Gasteiger partial charge in [-0.2, -0.15) is 0 Å². The third-order valence-electron chi connectivity index (χ3n) is 3.75. The summed E-state index contributed by atoms with van der Waals surface area (Å²) < 4.78 is 11.3. The van der Waals surface area contributed by atoms with E-state index in [0.29, 0.717) is 10.9 Å². The van der Waals surface area contributed by atoms with Gasteiger partial charge in [-0.15, -0.1) is 0 Å². The van der Waals surface area contributed by atoms with Crippen LogP contribution >= 0.6 is 11.6 Å². The Morgan fingerprint density at radius 2 is 1.73 bits per heavy atom. The summed E-state index contributed by atoms with van der Waals surface area (Å²) in [6.45, 7) is 2.73. The molecule has 0 radical (unpaired) electrons. The molecule has 4 heteroatoms. The van der Waals surface area contributed by atoms with Gasteiger partial charge in [0.1, 0.15) is 11.5 Å². The highest BCUT2D eigenvalue weighted by atomic mass is 35.5. The lowest BCUT2D eigenvalue weighted by atomic mass is 10.0. The number of hydrogen-bond acceptors (Lipinski definition) is 3. The highest BCUT2D eigenvalue weighted by molar-refractivity contribution is 6.30. The number of anilines is 1. The molecule has 0 bridgehead atoms. The first-order valence-electron chi connectivity index (χ1n) is 7.65. The topological polar surface area (TPSA) is 30.5 Å². The first kappa shape index (κ1) is 15.2. The van der Waals surface area contributed by atoms with Crippen molar-refractivity contribution in [2.45, 2.75) is 12.8 Å². The minimum absolute atomic E-state index is 0.610. The second-order valence-corrected chi connectivity index (χ2v) is 5.98. The van der Waals surface area contributed by atoms with Crippen LogP contribution in [0.25, 0.3) is 0 Å². The molecule has 1 aliphatic rings. The minimum Gasteiger partial charge on any atom is -0.457 e. The molecule has 0 aliphatic carbocycles. The summed E-state index contributed by atoms with van der Waals surface area (Å²) in [5, 5.41) is 4.17. The fraction of sp³-hybridized carbons (Fsp3) is 0.333. The number of nitrogens with one attached hydrogen (secondary N) is 1. The highest BCUT2D eigenvalue weighted by Crippen LogP contribution is 2.24. The lowest BCUT2D eigenvalue weighted by Gasteiger charge is -2.22. The van der Waals surface area contributed by atoms with Crippen molar-refractivity contribution in [1.82, 2.24) is 0 Å². The molecule has 1 unspecified atom stereocenters. The molecule has 0 amide bonds. The smallest absolute Gasteiger partial charge is 0.127 e. The molecule has 0 spiro atoms. The monoisotopic (exact) mass is 317 g/mol. The van der Waals surface area contributed by atoms with Crippen molar-refractivity contribution in [3.63, 3.8) is 0 Å². The van der Waals surface area contributed by atoms with Crippen molar-refractivity contribution in [2.75, 3.05) is 25.1 Å². The zero-order valence-electron chi connectivity index (χ0n) is 12.4. The summed E-state index contributed by atoms with van der Waals surface area (Å²) in [7, 11) is 0. The van der Waals surface area contributed by atoms with E-state index in [2.05, 4.69) is 5.32 Å². The molecule has 1 heterocycles. The van der Waals surface area contributed by atoms with Crippen molar-refractivity contribution in [1.29, 1.82) is 0 Å². The van der Waals surface area contributed by atoms with Gasteiger partial charge in [0.25, 0.3) is 0 Å². The van der Waals surface area contributed by atoms with Crippen molar-refractivity contribution in [3.05, 3.63) is 53.6 Å². The molecule has 3 nitrogen and oxygen atoms in total. The quantitative estimate of drug-likeness (QED) is 0.844. The number of halogens is 1. The number of rotatable bonds is 5. The van der Waals surface area contributed by atoms with Gasteiger partial charge in [0.2, 0.25) is 0 Å². The van der Waals surface area contributed by atoms with Crippen molar-refractivity contribution < 1.29 is 9.47 Å². The molecular formula is C18H20ClNO2. The van der Waals surface area contributed by atoms with E-state index in [1.807, 2.05) is 48.5 Å². The summed E-state index contributed by atoms with van der Waals surface area (Å²) >= 11 is 5.86. The Balaban J connectivity index is 1.52. The molecule has 22 heavy (non-hydrogen) atoms. The Labute approximate surface area is 136 Å². The minimum atomic E-state index is 0.610. The first-order chi connectivity index (χ1) is 10.8. The van der Waals surface area contributed by atoms with Gasteiger partial charge >= 0.3 is 0 Å². The van der Waals surface area contributed by atoms with Gasteiger partial charge in [-0.3, -0.25) is 0 Å². The maximum atomic E-state index is 5.86. The number of hydrogen-bond donors (Lipinski definition) is 1. The van der Waals surface area contributed by atoms with E-state index in [9.17, 15) is 0 Å². The van der Waals surface area contributed by atoms with Gasteiger partial charge in [0, 0.05) is 23.9 Å². The fourth-order valence-electron chi connectivity index (χ4n) is 2.51. The van der Waals surface area contributed by atoms with E-state index in [1.54, 1.807) is 0 Å². The van der Waals surface area contributed by atoms with Gasteiger partial charge < -0.3 is 14.8 Å². The zero-order chi connectivity index (χ0) is 15.2. The van der Waals surface area contributed by atoms with Gasteiger partial charge in [-0.25, -0.2) is 0 Å². The summed E-state index contributed by atoms with van der Waals surface area (Å²) in [4.78, 5) is 0. The average Bonchev–Trinajstić information content (AvgIpc) is 2.57. The van der Waals surface area contributed by atoms with Crippen LogP contribution in [0, 0.1) is 5.92 Å². The van der Waals surface area contributed by atoms with Crippen LogP contribution in [0.4, 0.5) is 5.69 Å². The average molecular weight is 318 g/mol. The SMILES string of the molecule is Clc1ccc(Oc2ccc(NCC3CCCOC3)cc2)cc1. The summed E-state index contributed by atoms with van der Waals surface area (Å²) in [6.07, 6.45) is 2.41. The molecule has 2 aromatic rings. The van der Waals surface area contributed by atoms with E-state index in [0.717, 1.165) is 36.9 Å². The van der Waals surface area contributed by atoms with Crippen molar-refractivity contribution in [3.8, 4) is 11.5 Å². The van der Waals surface area contributed by atoms with E-state index >= 15 is 0 Å². The summed E-state index contributed by atoms with van der Waals surface area (Å²) in [5.74, 6) is 2.21. The van der Waals surface area contributed by atoms with Crippen LogP contribution in [0.5, 0.6) is 11.5 Å². The van der Waals surface area contributed by atoms with Crippen LogP contribution in [-0.2, 0) is 4.74 Å². The lowest BCUT2D eigenvalue weighted by molar-refractivity contribution is 0.0595. The van der Waals surface area contributed by atoms with Crippen LogP contribution in [-0.4, -0.2) is 19.8 Å². The zero-order valence-corrected chi connectivity index (χ0v) is 13.2. The molecule has 1 atom stereocenters. The Hall–Kier alpha value is -1.71. The predicted molar refractivity (Wildman–Crippen MR) is 90.0 cm³/mol. The van der Waals surface area contributed by atoms with Gasteiger partial charge in [0.05, 0.1) is 6.61 Å². The van der Waals surface area contributed by atoms with Gasteiger partial charge in [0.15, 0.2) is 0 Å². The Bertz CT molecular complexity index is 577.